The van der Waals surface area contributed by atoms with Crippen molar-refractivity contribution in [1.29, 1.82) is 0 Å². The van der Waals surface area contributed by atoms with Crippen LogP contribution in [0.4, 0.5) is 5.69 Å². The maximum Gasteiger partial charge on any atom is 0.264 e. The number of benzene rings is 2. The number of hydrogen-bond donors (Lipinski definition) is 0. The second-order valence-corrected chi connectivity index (χ2v) is 7.34. The Labute approximate surface area is 187 Å². The van der Waals surface area contributed by atoms with Crippen LogP contribution in [0.25, 0.3) is 23.4 Å². The van der Waals surface area contributed by atoms with Crippen LogP contribution in [0.15, 0.2) is 65.7 Å². The quantitative estimate of drug-likeness (QED) is 0.402. The smallest absolute Gasteiger partial charge is 0.264 e. The Kier molecular flexibility index (Phi) is 6.57. The first-order valence-electron chi connectivity index (χ1n) is 9.09. The van der Waals surface area contributed by atoms with E-state index in [0.29, 0.717) is 0 Å². The lowest BCUT2D eigenvalue weighted by Gasteiger charge is -2.28. The standard InChI is InChI=1S/C23H23N2OS.HI/c1-4-25-19(12-9-17-7-5-6-8-21(17)25)15-23-24(2)22(16-27-23)18-10-13-20(26-3)14-11-18;/h5-16H,4H2,1-3H3;1H/q+1;/p-1. The van der Waals surface area contributed by atoms with Gasteiger partial charge in [-0.3, -0.25) is 0 Å². The largest absolute Gasteiger partial charge is 1.00 e. The van der Waals surface area contributed by atoms with Gasteiger partial charge in [0.25, 0.3) is 5.01 Å². The summed E-state index contributed by atoms with van der Waals surface area (Å²) in [5.41, 5.74) is 6.15. The molecule has 1 aliphatic heterocycles. The predicted molar refractivity (Wildman–Crippen MR) is 114 cm³/mol. The van der Waals surface area contributed by atoms with Crippen molar-refractivity contribution >= 4 is 29.2 Å². The third-order valence-corrected chi connectivity index (χ3v) is 5.90. The fourth-order valence-electron chi connectivity index (χ4n) is 3.43. The van der Waals surface area contributed by atoms with E-state index in [1.165, 1.54) is 33.2 Å². The average Bonchev–Trinajstić information content (AvgIpc) is 3.08. The van der Waals surface area contributed by atoms with E-state index in [1.54, 1.807) is 18.4 Å². The highest BCUT2D eigenvalue weighted by atomic mass is 127. The molecule has 144 valence electrons. The molecule has 0 saturated heterocycles. The van der Waals surface area contributed by atoms with Gasteiger partial charge in [0.15, 0.2) is 0 Å². The van der Waals surface area contributed by atoms with Gasteiger partial charge < -0.3 is 33.6 Å². The number of thiazole rings is 1. The van der Waals surface area contributed by atoms with Crippen molar-refractivity contribution < 1.29 is 33.3 Å². The molecule has 0 radical (unpaired) electrons. The normalized spacial score (nSPS) is 14.0. The molecular formula is C23H23IN2OS. The molecule has 0 atom stereocenters. The number of rotatable bonds is 4. The van der Waals surface area contributed by atoms with Crippen LogP contribution in [0.2, 0.25) is 0 Å². The highest BCUT2D eigenvalue weighted by Gasteiger charge is 2.20. The van der Waals surface area contributed by atoms with E-state index in [9.17, 15) is 0 Å². The molecule has 0 aliphatic carbocycles. The van der Waals surface area contributed by atoms with Crippen LogP contribution in [0.5, 0.6) is 5.75 Å². The molecule has 0 fully saturated rings. The van der Waals surface area contributed by atoms with Crippen LogP contribution in [0.1, 0.15) is 17.5 Å². The van der Waals surface area contributed by atoms with Crippen molar-refractivity contribution in [1.82, 2.24) is 0 Å². The second-order valence-electron chi connectivity index (χ2n) is 6.45. The van der Waals surface area contributed by atoms with Gasteiger partial charge in [-0.15, -0.1) is 0 Å². The maximum atomic E-state index is 5.27. The van der Waals surface area contributed by atoms with Crippen LogP contribution < -0.4 is 38.2 Å². The zero-order chi connectivity index (χ0) is 18.8. The van der Waals surface area contributed by atoms with Crippen LogP contribution in [0.3, 0.4) is 0 Å². The number of methoxy groups -OCH3 is 1. The summed E-state index contributed by atoms with van der Waals surface area (Å²) < 4.78 is 7.52. The van der Waals surface area contributed by atoms with Gasteiger partial charge in [0.2, 0.25) is 5.69 Å². The number of para-hydroxylation sites is 1. The van der Waals surface area contributed by atoms with Crippen molar-refractivity contribution in [3.05, 3.63) is 76.3 Å². The molecule has 2 heterocycles. The average molecular weight is 502 g/mol. The summed E-state index contributed by atoms with van der Waals surface area (Å²) in [7, 11) is 3.82. The van der Waals surface area contributed by atoms with Gasteiger partial charge in [-0.2, -0.15) is 4.57 Å². The van der Waals surface area contributed by atoms with E-state index >= 15 is 0 Å². The van der Waals surface area contributed by atoms with Gasteiger partial charge in [-0.1, -0.05) is 35.6 Å². The van der Waals surface area contributed by atoms with Gasteiger partial charge in [0.05, 0.1) is 12.5 Å². The molecule has 4 rings (SSSR count). The van der Waals surface area contributed by atoms with Gasteiger partial charge in [0, 0.05) is 29.6 Å². The highest BCUT2D eigenvalue weighted by Crippen LogP contribution is 2.32. The zero-order valence-corrected chi connectivity index (χ0v) is 19.2. The van der Waals surface area contributed by atoms with Crippen molar-refractivity contribution in [2.45, 2.75) is 6.92 Å². The number of aromatic nitrogens is 1. The SMILES string of the molecule is CCN1C(=Cc2scc(-c3ccc(OC)cc3)[n+]2C)C=Cc2ccccc21.[I-]. The molecule has 0 amide bonds. The number of likely N-dealkylation sites (N-methyl/N-ethyl adjacent to an activating group) is 1. The summed E-state index contributed by atoms with van der Waals surface area (Å²) in [5.74, 6) is 0.878. The van der Waals surface area contributed by atoms with Crippen molar-refractivity contribution in [2.75, 3.05) is 18.6 Å². The summed E-state index contributed by atoms with van der Waals surface area (Å²) in [5, 5.41) is 3.43. The Morgan fingerprint density at radius 2 is 1.82 bits per heavy atom. The number of hydrogen-bond acceptors (Lipinski definition) is 3. The Morgan fingerprint density at radius 1 is 1.07 bits per heavy atom. The first-order chi connectivity index (χ1) is 13.2. The summed E-state index contributed by atoms with van der Waals surface area (Å²) in [4.78, 5) is 2.36. The summed E-state index contributed by atoms with van der Waals surface area (Å²) in [6.45, 7) is 3.13. The highest BCUT2D eigenvalue weighted by molar-refractivity contribution is 7.10. The molecule has 0 unspecified atom stereocenters. The topological polar surface area (TPSA) is 16.4 Å². The molecule has 2 aromatic carbocycles. The Morgan fingerprint density at radius 3 is 2.54 bits per heavy atom. The van der Waals surface area contributed by atoms with Crippen LogP contribution in [0, 0.1) is 0 Å². The first-order valence-corrected chi connectivity index (χ1v) is 9.97. The minimum Gasteiger partial charge on any atom is -1.00 e. The summed E-state index contributed by atoms with van der Waals surface area (Å²) in [6, 6.07) is 16.8. The lowest BCUT2D eigenvalue weighted by molar-refractivity contribution is -0.657. The summed E-state index contributed by atoms with van der Waals surface area (Å²) in [6.07, 6.45) is 6.68. The summed E-state index contributed by atoms with van der Waals surface area (Å²) >= 11 is 1.76. The van der Waals surface area contributed by atoms with E-state index in [1.807, 2.05) is 12.1 Å². The molecule has 1 aliphatic rings. The predicted octanol–water partition coefficient (Wildman–Crippen LogP) is 2.15. The molecule has 1 aromatic heterocycles. The number of halogens is 1. The fourth-order valence-corrected chi connectivity index (χ4v) is 4.40. The molecule has 3 nitrogen and oxygen atoms in total. The Bertz CT molecular complexity index is 1020. The third kappa shape index (κ3) is 3.86. The number of anilines is 1. The lowest BCUT2D eigenvalue weighted by Crippen LogP contribution is -3.00. The van der Waals surface area contributed by atoms with E-state index < -0.39 is 0 Å². The van der Waals surface area contributed by atoms with Crippen LogP contribution in [-0.4, -0.2) is 13.7 Å². The second kappa shape index (κ2) is 8.92. The number of ether oxygens (including phenoxy) is 1. The zero-order valence-electron chi connectivity index (χ0n) is 16.2. The van der Waals surface area contributed by atoms with E-state index in [2.05, 4.69) is 83.4 Å². The van der Waals surface area contributed by atoms with E-state index in [4.69, 9.17) is 4.74 Å². The molecule has 28 heavy (non-hydrogen) atoms. The Hall–Kier alpha value is -2.12. The molecule has 0 N–H and O–H groups in total. The molecule has 0 bridgehead atoms. The van der Waals surface area contributed by atoms with Gasteiger partial charge in [0.1, 0.15) is 12.8 Å². The van der Waals surface area contributed by atoms with Crippen molar-refractivity contribution in [2.24, 2.45) is 7.05 Å². The van der Waals surface area contributed by atoms with Crippen molar-refractivity contribution in [3.63, 3.8) is 0 Å². The Balaban J connectivity index is 0.00000225. The molecule has 0 saturated carbocycles. The molecule has 3 aromatic rings. The number of fused-ring (bicyclic) bond motifs is 1. The van der Waals surface area contributed by atoms with E-state index in [0.717, 1.165) is 12.3 Å². The minimum absolute atomic E-state index is 0. The van der Waals surface area contributed by atoms with E-state index in [-0.39, 0.29) is 24.0 Å². The number of allylic oxidation sites excluding steroid dienone is 1. The third-order valence-electron chi connectivity index (χ3n) is 4.93. The minimum atomic E-state index is 0. The van der Waals surface area contributed by atoms with Crippen LogP contribution in [-0.2, 0) is 7.05 Å². The van der Waals surface area contributed by atoms with Crippen LogP contribution >= 0.6 is 11.3 Å². The van der Waals surface area contributed by atoms with Gasteiger partial charge >= 0.3 is 0 Å². The lowest BCUT2D eigenvalue weighted by atomic mass is 10.1. The van der Waals surface area contributed by atoms with Gasteiger partial charge in [-0.05, 0) is 48.9 Å². The first kappa shape index (κ1) is 20.6. The monoisotopic (exact) mass is 502 g/mol. The maximum absolute atomic E-state index is 5.27. The fraction of sp³-hybridized carbons (Fsp3) is 0.174. The number of nitrogens with zero attached hydrogens (tertiary/aromatic N) is 2. The van der Waals surface area contributed by atoms with Gasteiger partial charge in [-0.25, -0.2) is 0 Å². The molecule has 5 heteroatoms. The molecular weight excluding hydrogens is 479 g/mol. The van der Waals surface area contributed by atoms with Crippen molar-refractivity contribution in [3.8, 4) is 17.0 Å². The molecule has 0 spiro atoms.